The fourth-order valence-corrected chi connectivity index (χ4v) is 5.82. The minimum atomic E-state index is -3.27. The van der Waals surface area contributed by atoms with E-state index in [-0.39, 0.29) is 17.9 Å². The summed E-state index contributed by atoms with van der Waals surface area (Å²) in [6.07, 6.45) is 6.64. The lowest BCUT2D eigenvalue weighted by Crippen LogP contribution is -2.42. The average molecular weight is 484 g/mol. The summed E-state index contributed by atoms with van der Waals surface area (Å²) in [5.41, 5.74) is 4.38. The Kier molecular flexibility index (Phi) is 7.94. The van der Waals surface area contributed by atoms with E-state index in [1.54, 1.807) is 13.8 Å². The second-order valence-electron chi connectivity index (χ2n) is 9.92. The zero-order valence-electron chi connectivity index (χ0n) is 20.3. The van der Waals surface area contributed by atoms with E-state index in [9.17, 15) is 13.2 Å². The summed E-state index contributed by atoms with van der Waals surface area (Å²) in [5.74, 6) is -0.0642. The van der Waals surface area contributed by atoms with E-state index in [4.69, 9.17) is 0 Å². The highest BCUT2D eigenvalue weighted by Crippen LogP contribution is 2.28. The summed E-state index contributed by atoms with van der Waals surface area (Å²) in [7, 11) is -3.27. The highest BCUT2D eigenvalue weighted by molar-refractivity contribution is 7.90. The molecule has 1 saturated heterocycles. The van der Waals surface area contributed by atoms with Gasteiger partial charge in [-0.2, -0.15) is 0 Å². The number of amides is 1. The molecule has 1 heterocycles. The van der Waals surface area contributed by atoms with Crippen molar-refractivity contribution in [3.63, 3.8) is 0 Å². The highest BCUT2D eigenvalue weighted by Gasteiger charge is 2.29. The van der Waals surface area contributed by atoms with E-state index >= 15 is 0 Å². The topological polar surface area (TPSA) is 78.5 Å². The van der Waals surface area contributed by atoms with Crippen LogP contribution in [0.2, 0.25) is 0 Å². The molecule has 2 fully saturated rings. The molecule has 0 spiro atoms. The molecule has 2 aromatic carbocycles. The van der Waals surface area contributed by atoms with Crippen molar-refractivity contribution in [2.24, 2.45) is 5.92 Å². The maximum Gasteiger partial charge on any atom is 0.227 e. The van der Waals surface area contributed by atoms with Gasteiger partial charge in [0.2, 0.25) is 15.9 Å². The number of sulfonamides is 1. The number of hydrogen-bond donors (Lipinski definition) is 2. The van der Waals surface area contributed by atoms with Gasteiger partial charge in [0.25, 0.3) is 0 Å². The quantitative estimate of drug-likeness (QED) is 0.570. The molecule has 7 heteroatoms. The predicted octanol–water partition coefficient (Wildman–Crippen LogP) is 5.17. The molecule has 0 atom stereocenters. The number of piperidine rings is 1. The van der Waals surface area contributed by atoms with Gasteiger partial charge in [0.05, 0.1) is 5.25 Å². The van der Waals surface area contributed by atoms with E-state index in [0.717, 1.165) is 24.3 Å². The van der Waals surface area contributed by atoms with Crippen molar-refractivity contribution in [2.45, 2.75) is 70.1 Å². The Hall–Kier alpha value is -2.38. The van der Waals surface area contributed by atoms with Crippen molar-refractivity contribution in [3.8, 4) is 11.1 Å². The third kappa shape index (κ3) is 6.19. The molecular formula is C27H37N3O3S. The third-order valence-corrected chi connectivity index (χ3v) is 9.03. The maximum absolute atomic E-state index is 12.8. The molecule has 0 bridgehead atoms. The number of carbonyl (C=O) groups excluding carboxylic acids is 1. The van der Waals surface area contributed by atoms with Crippen molar-refractivity contribution in [2.75, 3.05) is 23.3 Å². The lowest BCUT2D eigenvalue weighted by Gasteiger charge is -2.29. The number of rotatable bonds is 7. The zero-order chi connectivity index (χ0) is 24.1. The number of hydrogen-bond acceptors (Lipinski definition) is 4. The second-order valence-corrected chi connectivity index (χ2v) is 12.2. The molecule has 34 heavy (non-hydrogen) atoms. The fourth-order valence-electron chi connectivity index (χ4n) is 4.85. The van der Waals surface area contributed by atoms with Crippen molar-refractivity contribution in [3.05, 3.63) is 48.5 Å². The Bertz CT molecular complexity index is 1050. The molecule has 2 aliphatic rings. The molecule has 1 amide bonds. The van der Waals surface area contributed by atoms with Gasteiger partial charge < -0.3 is 10.2 Å². The first-order chi connectivity index (χ1) is 16.3. The van der Waals surface area contributed by atoms with Gasteiger partial charge in [0.1, 0.15) is 0 Å². The van der Waals surface area contributed by atoms with E-state index in [0.29, 0.717) is 25.7 Å². The average Bonchev–Trinajstić information content (AvgIpc) is 2.85. The highest BCUT2D eigenvalue weighted by atomic mass is 32.2. The molecule has 0 radical (unpaired) electrons. The lowest BCUT2D eigenvalue weighted by atomic mass is 9.86. The molecular weight excluding hydrogens is 446 g/mol. The van der Waals surface area contributed by atoms with Crippen LogP contribution in [0, 0.1) is 5.92 Å². The van der Waals surface area contributed by atoms with Crippen molar-refractivity contribution in [1.82, 2.24) is 4.72 Å². The standard InChI is InChI=1S/C27H37N3O3S/c1-20(2)34(32,33)29-25-14-8-23(9-15-25)27(31)28-24-12-6-21(7-13-24)22-10-16-26(17-11-22)30-18-4-3-5-19-30/h6-7,10-13,16-17,20,23,25,29H,3-5,8-9,14-15,18-19H2,1-2H3,(H,28,31). The van der Waals surface area contributed by atoms with Crippen LogP contribution >= 0.6 is 0 Å². The van der Waals surface area contributed by atoms with Gasteiger partial charge in [-0.3, -0.25) is 4.79 Å². The SMILES string of the molecule is CC(C)S(=O)(=O)NC1CCC(C(=O)Nc2ccc(-c3ccc(N4CCCCC4)cc3)cc2)CC1. The maximum atomic E-state index is 12.8. The van der Waals surface area contributed by atoms with Gasteiger partial charge in [-0.25, -0.2) is 13.1 Å². The summed E-state index contributed by atoms with van der Waals surface area (Å²) in [6, 6.07) is 16.7. The number of nitrogens with one attached hydrogen (secondary N) is 2. The first-order valence-electron chi connectivity index (χ1n) is 12.6. The van der Waals surface area contributed by atoms with E-state index in [1.165, 1.54) is 30.5 Å². The molecule has 1 saturated carbocycles. The van der Waals surface area contributed by atoms with Crippen LogP contribution in [0.25, 0.3) is 11.1 Å². The van der Waals surface area contributed by atoms with Crippen LogP contribution in [0.4, 0.5) is 11.4 Å². The Balaban J connectivity index is 1.28. The van der Waals surface area contributed by atoms with E-state index < -0.39 is 15.3 Å². The van der Waals surface area contributed by atoms with Crippen LogP contribution in [-0.4, -0.2) is 38.7 Å². The molecule has 0 aromatic heterocycles. The van der Waals surface area contributed by atoms with Crippen molar-refractivity contribution < 1.29 is 13.2 Å². The lowest BCUT2D eigenvalue weighted by molar-refractivity contribution is -0.120. The molecule has 1 aliphatic heterocycles. The smallest absolute Gasteiger partial charge is 0.227 e. The van der Waals surface area contributed by atoms with Gasteiger partial charge in [0.15, 0.2) is 0 Å². The van der Waals surface area contributed by atoms with Gasteiger partial charge in [-0.15, -0.1) is 0 Å². The number of nitrogens with zero attached hydrogens (tertiary/aromatic N) is 1. The second kappa shape index (κ2) is 10.9. The van der Waals surface area contributed by atoms with Crippen LogP contribution < -0.4 is 14.9 Å². The molecule has 0 unspecified atom stereocenters. The minimum Gasteiger partial charge on any atom is -0.372 e. The number of anilines is 2. The molecule has 4 rings (SSSR count). The van der Waals surface area contributed by atoms with E-state index in [1.807, 2.05) is 24.3 Å². The van der Waals surface area contributed by atoms with Gasteiger partial charge >= 0.3 is 0 Å². The van der Waals surface area contributed by atoms with Crippen LogP contribution in [0.1, 0.15) is 58.8 Å². The minimum absolute atomic E-state index is 0.0174. The summed E-state index contributed by atoms with van der Waals surface area (Å²) >= 11 is 0. The number of benzene rings is 2. The van der Waals surface area contributed by atoms with Crippen molar-refractivity contribution >= 4 is 27.3 Å². The van der Waals surface area contributed by atoms with Gasteiger partial charge in [0, 0.05) is 36.4 Å². The Morgan fingerprint density at radius 3 is 1.97 bits per heavy atom. The Labute approximate surface area is 204 Å². The summed E-state index contributed by atoms with van der Waals surface area (Å²) in [6.45, 7) is 5.64. The summed E-state index contributed by atoms with van der Waals surface area (Å²) < 4.78 is 26.9. The van der Waals surface area contributed by atoms with Gasteiger partial charge in [-0.05, 0) is 94.2 Å². The summed E-state index contributed by atoms with van der Waals surface area (Å²) in [5, 5.41) is 2.60. The van der Waals surface area contributed by atoms with Gasteiger partial charge in [-0.1, -0.05) is 24.3 Å². The summed E-state index contributed by atoms with van der Waals surface area (Å²) in [4.78, 5) is 15.2. The first kappa shape index (κ1) is 24.7. The fraction of sp³-hybridized carbons (Fsp3) is 0.519. The van der Waals surface area contributed by atoms with E-state index in [2.05, 4.69) is 39.2 Å². The Morgan fingerprint density at radius 2 is 1.41 bits per heavy atom. The van der Waals surface area contributed by atoms with Crippen LogP contribution in [0.5, 0.6) is 0 Å². The first-order valence-corrected chi connectivity index (χ1v) is 14.1. The monoisotopic (exact) mass is 483 g/mol. The predicted molar refractivity (Wildman–Crippen MR) is 140 cm³/mol. The molecule has 2 aromatic rings. The van der Waals surface area contributed by atoms with Crippen molar-refractivity contribution in [1.29, 1.82) is 0 Å². The normalized spacial score (nSPS) is 21.4. The molecule has 1 aliphatic carbocycles. The third-order valence-electron chi connectivity index (χ3n) is 7.12. The zero-order valence-corrected chi connectivity index (χ0v) is 21.1. The van der Waals surface area contributed by atoms with Crippen LogP contribution in [-0.2, 0) is 14.8 Å². The largest absolute Gasteiger partial charge is 0.372 e. The van der Waals surface area contributed by atoms with Crippen LogP contribution in [0.15, 0.2) is 48.5 Å². The molecule has 2 N–H and O–H groups in total. The Morgan fingerprint density at radius 1 is 0.853 bits per heavy atom. The van der Waals surface area contributed by atoms with Crippen LogP contribution in [0.3, 0.4) is 0 Å². The number of carbonyl (C=O) groups is 1. The molecule has 6 nitrogen and oxygen atoms in total. The molecule has 184 valence electrons.